The van der Waals surface area contributed by atoms with E-state index >= 15 is 0 Å². The second-order valence-electron chi connectivity index (χ2n) is 5.98. The molecule has 0 heterocycles. The largest absolute Gasteiger partial charge is 0.581 e. The Labute approximate surface area is 135 Å². The van der Waals surface area contributed by atoms with Crippen molar-refractivity contribution in [2.24, 2.45) is 0 Å². The molecule has 0 N–H and O–H groups in total. The summed E-state index contributed by atoms with van der Waals surface area (Å²) < 4.78 is 18.4. The topological polar surface area (TPSA) is 32.3 Å². The van der Waals surface area contributed by atoms with E-state index in [-0.39, 0.29) is 6.10 Å². The van der Waals surface area contributed by atoms with Gasteiger partial charge in [0, 0.05) is 5.92 Å². The Hall–Kier alpha value is -1.29. The third kappa shape index (κ3) is 3.72. The van der Waals surface area contributed by atoms with E-state index in [0.717, 1.165) is 24.2 Å². The lowest BCUT2D eigenvalue weighted by atomic mass is 9.82. The Morgan fingerprint density at radius 2 is 1.64 bits per heavy atom. The predicted molar refractivity (Wildman–Crippen MR) is 90.1 cm³/mol. The van der Waals surface area contributed by atoms with Crippen molar-refractivity contribution in [1.29, 1.82) is 0 Å². The Balaban J connectivity index is 1.72. The van der Waals surface area contributed by atoms with Crippen LogP contribution in [0.3, 0.4) is 0 Å². The normalized spacial score (nSPS) is 23.2. The minimum atomic E-state index is -1.38. The summed E-state index contributed by atoms with van der Waals surface area (Å²) in [5.74, 6) is 0.351. The first kappa shape index (κ1) is 15.6. The first-order chi connectivity index (χ1) is 10.7. The van der Waals surface area contributed by atoms with Crippen LogP contribution in [0.4, 0.5) is 0 Å². The fraction of sp³-hybridized carbons (Fsp3) is 0.368. The van der Waals surface area contributed by atoms with Gasteiger partial charge in [-0.1, -0.05) is 60.9 Å². The van der Waals surface area contributed by atoms with E-state index in [1.165, 1.54) is 17.5 Å². The van der Waals surface area contributed by atoms with Crippen molar-refractivity contribution >= 4 is 11.5 Å². The second-order valence-corrected chi connectivity index (χ2v) is 7.12. The molecule has 1 aliphatic carbocycles. The fourth-order valence-corrected chi connectivity index (χ4v) is 4.04. The van der Waals surface area contributed by atoms with Crippen LogP contribution in [0.2, 0.25) is 0 Å². The molecule has 1 fully saturated rings. The number of hydrogen-bond acceptors (Lipinski definition) is 2. The van der Waals surface area contributed by atoms with Gasteiger partial charge in [0.05, 0.1) is 0 Å². The molecule has 116 valence electrons. The van der Waals surface area contributed by atoms with Gasteiger partial charge in [-0.05, 0) is 37.5 Å². The monoisotopic (exact) mass is 314 g/mol. The first-order valence-electron chi connectivity index (χ1n) is 7.94. The summed E-state index contributed by atoms with van der Waals surface area (Å²) in [5, 5.41) is 0. The molecule has 1 saturated carbocycles. The summed E-state index contributed by atoms with van der Waals surface area (Å²) in [4.78, 5) is 0.753. The Morgan fingerprint density at radius 3 is 2.36 bits per heavy atom. The summed E-state index contributed by atoms with van der Waals surface area (Å²) in [6.45, 7) is 2.03. The van der Waals surface area contributed by atoms with Gasteiger partial charge in [-0.25, -0.2) is 0 Å². The Bertz CT molecular complexity index is 582. The molecule has 0 aliphatic heterocycles. The summed E-state index contributed by atoms with van der Waals surface area (Å²) in [5.41, 5.74) is 2.47. The highest BCUT2D eigenvalue weighted by Crippen LogP contribution is 2.36. The van der Waals surface area contributed by atoms with Crippen molar-refractivity contribution in [1.82, 2.24) is 0 Å². The molecule has 0 aromatic heterocycles. The van der Waals surface area contributed by atoms with Crippen molar-refractivity contribution in [2.45, 2.75) is 49.5 Å². The maximum absolute atomic E-state index is 12.5. The zero-order chi connectivity index (χ0) is 15.4. The average molecular weight is 314 g/mol. The molecule has 22 heavy (non-hydrogen) atoms. The minimum Gasteiger partial charge on any atom is -0.581 e. The lowest BCUT2D eigenvalue weighted by molar-refractivity contribution is 0.137. The molecule has 1 aliphatic rings. The maximum atomic E-state index is 12.5. The zero-order valence-corrected chi connectivity index (χ0v) is 13.7. The highest BCUT2D eigenvalue weighted by molar-refractivity contribution is 7.86. The lowest BCUT2D eigenvalue weighted by Gasteiger charge is -2.30. The van der Waals surface area contributed by atoms with E-state index < -0.39 is 11.5 Å². The van der Waals surface area contributed by atoms with Crippen LogP contribution in [0, 0.1) is 6.92 Å². The van der Waals surface area contributed by atoms with Crippen molar-refractivity contribution < 1.29 is 8.74 Å². The van der Waals surface area contributed by atoms with Gasteiger partial charge in [0.15, 0.2) is 16.4 Å². The third-order valence-electron chi connectivity index (χ3n) is 4.35. The Morgan fingerprint density at radius 1 is 0.955 bits per heavy atom. The zero-order valence-electron chi connectivity index (χ0n) is 12.9. The molecule has 0 spiro atoms. The highest BCUT2D eigenvalue weighted by atomic mass is 32.2. The molecule has 2 nitrogen and oxygen atoms in total. The smallest absolute Gasteiger partial charge is 0.188 e. The van der Waals surface area contributed by atoms with Gasteiger partial charge in [-0.3, -0.25) is 0 Å². The van der Waals surface area contributed by atoms with Crippen LogP contribution in [0.15, 0.2) is 59.5 Å². The number of aryl methyl sites for hydroxylation is 1. The maximum Gasteiger partial charge on any atom is 0.188 e. The van der Waals surface area contributed by atoms with Crippen molar-refractivity contribution in [3.8, 4) is 0 Å². The van der Waals surface area contributed by atoms with E-state index in [2.05, 4.69) is 24.3 Å². The molecule has 0 bridgehead atoms. The molecule has 2 aromatic rings. The van der Waals surface area contributed by atoms with Crippen molar-refractivity contribution in [3.63, 3.8) is 0 Å². The van der Waals surface area contributed by atoms with E-state index in [0.29, 0.717) is 5.92 Å². The molecule has 3 rings (SSSR count). The van der Waals surface area contributed by atoms with E-state index in [1.54, 1.807) is 0 Å². The first-order valence-corrected chi connectivity index (χ1v) is 9.02. The Kier molecular flexibility index (Phi) is 5.19. The van der Waals surface area contributed by atoms with Crippen LogP contribution < -0.4 is 0 Å². The van der Waals surface area contributed by atoms with Gasteiger partial charge in [-0.15, -0.1) is 0 Å². The SMILES string of the molecule is Cc1ccc([S+]([O-])OC2CCCCC2c2ccccc2)cc1. The summed E-state index contributed by atoms with van der Waals surface area (Å²) in [6.07, 6.45) is 4.50. The van der Waals surface area contributed by atoms with Crippen LogP contribution in [0.25, 0.3) is 0 Å². The summed E-state index contributed by atoms with van der Waals surface area (Å²) in [7, 11) is 0. The van der Waals surface area contributed by atoms with Crippen molar-refractivity contribution in [2.75, 3.05) is 0 Å². The van der Waals surface area contributed by atoms with E-state index in [4.69, 9.17) is 4.18 Å². The molecule has 0 radical (unpaired) electrons. The molecule has 0 amide bonds. The predicted octanol–water partition coefficient (Wildman–Crippen LogP) is 4.76. The molecular formula is C19H22O2S. The fourth-order valence-electron chi connectivity index (χ4n) is 3.11. The second kappa shape index (κ2) is 7.32. The minimum absolute atomic E-state index is 0.0401. The molecule has 2 aromatic carbocycles. The van der Waals surface area contributed by atoms with Crippen LogP contribution >= 0.6 is 0 Å². The van der Waals surface area contributed by atoms with E-state index in [9.17, 15) is 4.55 Å². The van der Waals surface area contributed by atoms with Crippen LogP contribution in [0.5, 0.6) is 0 Å². The molecule has 3 atom stereocenters. The molecule has 0 saturated heterocycles. The standard InChI is InChI=1S/C19H22O2S/c1-15-11-13-17(14-12-15)22(20)21-19-10-6-5-9-18(19)16-7-3-2-4-8-16/h2-4,7-8,11-14,18-19H,5-6,9-10H2,1H3. The average Bonchev–Trinajstić information content (AvgIpc) is 2.57. The number of benzene rings is 2. The molecule has 3 unspecified atom stereocenters. The van der Waals surface area contributed by atoms with Crippen molar-refractivity contribution in [3.05, 3.63) is 65.7 Å². The van der Waals surface area contributed by atoms with Gasteiger partial charge in [0.25, 0.3) is 0 Å². The van der Waals surface area contributed by atoms with Crippen LogP contribution in [0.1, 0.15) is 42.7 Å². The lowest BCUT2D eigenvalue weighted by Crippen LogP contribution is -2.28. The van der Waals surface area contributed by atoms with E-state index in [1.807, 2.05) is 37.3 Å². The highest BCUT2D eigenvalue weighted by Gasteiger charge is 2.32. The third-order valence-corrected chi connectivity index (χ3v) is 5.43. The molecule has 3 heteroatoms. The van der Waals surface area contributed by atoms with Gasteiger partial charge in [0.2, 0.25) is 0 Å². The molecular weight excluding hydrogens is 292 g/mol. The van der Waals surface area contributed by atoms with Gasteiger partial charge in [0.1, 0.15) is 6.10 Å². The number of hydrogen-bond donors (Lipinski definition) is 0. The summed E-state index contributed by atoms with van der Waals surface area (Å²) >= 11 is -1.38. The van der Waals surface area contributed by atoms with Gasteiger partial charge in [-0.2, -0.15) is 4.18 Å². The van der Waals surface area contributed by atoms with Gasteiger partial charge >= 0.3 is 0 Å². The number of rotatable bonds is 4. The quantitative estimate of drug-likeness (QED) is 0.762. The van der Waals surface area contributed by atoms with Crippen LogP contribution in [-0.2, 0) is 15.6 Å². The summed E-state index contributed by atoms with van der Waals surface area (Å²) in [6, 6.07) is 18.2. The van der Waals surface area contributed by atoms with Gasteiger partial charge < -0.3 is 4.55 Å². The van der Waals surface area contributed by atoms with Crippen LogP contribution in [-0.4, -0.2) is 10.7 Å².